The van der Waals surface area contributed by atoms with Gasteiger partial charge in [-0.25, -0.2) is 4.98 Å². The molecule has 4 rings (SSSR count). The van der Waals surface area contributed by atoms with Gasteiger partial charge in [-0.3, -0.25) is 14.9 Å². The number of nitro benzene ring substituents is 1. The molecule has 9 heteroatoms. The SMILES string of the molecule is COCCCNC(=O)[C@H]1Cc2cc([N+](=O)[O-])ccc2N2CCN(c3ccccn3)C[C@@H]12. The number of nitrogens with one attached hydrogen (secondary N) is 1. The highest BCUT2D eigenvalue weighted by Crippen LogP contribution is 2.38. The first-order valence-corrected chi connectivity index (χ1v) is 10.5. The number of hydrogen-bond donors (Lipinski definition) is 1. The lowest BCUT2D eigenvalue weighted by molar-refractivity contribution is -0.384. The average molecular weight is 425 g/mol. The summed E-state index contributed by atoms with van der Waals surface area (Å²) >= 11 is 0. The van der Waals surface area contributed by atoms with E-state index in [-0.39, 0.29) is 28.5 Å². The summed E-state index contributed by atoms with van der Waals surface area (Å²) in [5, 5.41) is 14.3. The third kappa shape index (κ3) is 4.46. The van der Waals surface area contributed by atoms with E-state index in [1.54, 1.807) is 25.4 Å². The maximum atomic E-state index is 13.1. The molecule has 2 aromatic rings. The third-order valence-electron chi connectivity index (χ3n) is 6.04. The minimum Gasteiger partial charge on any atom is -0.385 e. The molecule has 3 heterocycles. The largest absolute Gasteiger partial charge is 0.385 e. The molecule has 9 nitrogen and oxygen atoms in total. The van der Waals surface area contributed by atoms with Crippen LogP contribution in [0.5, 0.6) is 0 Å². The molecule has 2 atom stereocenters. The standard InChI is InChI=1S/C22H27N5O4/c1-31-12-4-9-24-22(28)18-14-16-13-17(27(29)30)6-7-19(16)26-11-10-25(15-20(18)26)21-5-2-3-8-23-21/h2-3,5-8,13,18,20H,4,9-12,14-15H2,1H3,(H,24,28)/t18-,20-/m0/s1. The van der Waals surface area contributed by atoms with E-state index in [0.29, 0.717) is 26.1 Å². The third-order valence-corrected chi connectivity index (χ3v) is 6.04. The number of nitro groups is 1. The number of ether oxygens (including phenoxy) is 1. The molecule has 0 saturated carbocycles. The Hall–Kier alpha value is -3.20. The zero-order chi connectivity index (χ0) is 21.8. The van der Waals surface area contributed by atoms with Crippen molar-refractivity contribution in [3.8, 4) is 0 Å². The van der Waals surface area contributed by atoms with Crippen LogP contribution in [0.25, 0.3) is 0 Å². The lowest BCUT2D eigenvalue weighted by atomic mass is 9.83. The van der Waals surface area contributed by atoms with Crippen LogP contribution in [0.3, 0.4) is 0 Å². The van der Waals surface area contributed by atoms with Crippen LogP contribution in [0.1, 0.15) is 12.0 Å². The molecule has 0 bridgehead atoms. The van der Waals surface area contributed by atoms with E-state index in [0.717, 1.165) is 36.6 Å². The Morgan fingerprint density at radius 1 is 1.32 bits per heavy atom. The number of hydrogen-bond acceptors (Lipinski definition) is 7. The predicted octanol–water partition coefficient (Wildman–Crippen LogP) is 2.01. The molecule has 1 aromatic heterocycles. The van der Waals surface area contributed by atoms with E-state index in [9.17, 15) is 14.9 Å². The van der Waals surface area contributed by atoms with E-state index in [1.807, 2.05) is 24.3 Å². The van der Waals surface area contributed by atoms with Gasteiger partial charge in [0.2, 0.25) is 5.91 Å². The van der Waals surface area contributed by atoms with Crippen LogP contribution in [-0.4, -0.2) is 61.8 Å². The van der Waals surface area contributed by atoms with Gasteiger partial charge in [-0.2, -0.15) is 0 Å². The molecule has 31 heavy (non-hydrogen) atoms. The number of carbonyl (C=O) groups is 1. The highest BCUT2D eigenvalue weighted by atomic mass is 16.6. The predicted molar refractivity (Wildman–Crippen MR) is 117 cm³/mol. The Bertz CT molecular complexity index is 939. The summed E-state index contributed by atoms with van der Waals surface area (Å²) < 4.78 is 5.06. The van der Waals surface area contributed by atoms with Gasteiger partial charge < -0.3 is 19.9 Å². The van der Waals surface area contributed by atoms with Crippen molar-refractivity contribution < 1.29 is 14.5 Å². The number of piperazine rings is 1. The van der Waals surface area contributed by atoms with Gasteiger partial charge in [-0.15, -0.1) is 0 Å². The van der Waals surface area contributed by atoms with Gasteiger partial charge in [-0.05, 0) is 36.6 Å². The van der Waals surface area contributed by atoms with Crippen LogP contribution in [-0.2, 0) is 16.0 Å². The number of aromatic nitrogens is 1. The van der Waals surface area contributed by atoms with Crippen LogP contribution < -0.4 is 15.1 Å². The van der Waals surface area contributed by atoms with Crippen LogP contribution in [0, 0.1) is 16.0 Å². The summed E-state index contributed by atoms with van der Waals surface area (Å²) in [7, 11) is 1.64. The maximum absolute atomic E-state index is 13.1. The first kappa shape index (κ1) is 21.0. The minimum atomic E-state index is -0.384. The van der Waals surface area contributed by atoms with Crippen molar-refractivity contribution in [1.82, 2.24) is 10.3 Å². The van der Waals surface area contributed by atoms with Crippen molar-refractivity contribution in [2.45, 2.75) is 18.9 Å². The van der Waals surface area contributed by atoms with Crippen molar-refractivity contribution in [2.75, 3.05) is 49.7 Å². The fourth-order valence-electron chi connectivity index (χ4n) is 4.53. The van der Waals surface area contributed by atoms with Crippen molar-refractivity contribution in [1.29, 1.82) is 0 Å². The number of methoxy groups -OCH3 is 1. The number of anilines is 2. The Morgan fingerprint density at radius 3 is 2.94 bits per heavy atom. The second-order valence-electron chi connectivity index (χ2n) is 7.91. The summed E-state index contributed by atoms with van der Waals surface area (Å²) in [6, 6.07) is 10.8. The summed E-state index contributed by atoms with van der Waals surface area (Å²) in [5.41, 5.74) is 1.90. The highest BCUT2D eigenvalue weighted by Gasteiger charge is 2.42. The van der Waals surface area contributed by atoms with Gasteiger partial charge in [0.25, 0.3) is 5.69 Å². The van der Waals surface area contributed by atoms with Gasteiger partial charge in [0.15, 0.2) is 0 Å². The number of amides is 1. The Morgan fingerprint density at radius 2 is 2.19 bits per heavy atom. The summed E-state index contributed by atoms with van der Waals surface area (Å²) in [4.78, 5) is 33.0. The average Bonchev–Trinajstić information content (AvgIpc) is 2.81. The van der Waals surface area contributed by atoms with Crippen molar-refractivity contribution in [3.05, 3.63) is 58.3 Å². The molecule has 1 fully saturated rings. The molecule has 0 spiro atoms. The quantitative estimate of drug-likeness (QED) is 0.411. The van der Waals surface area contributed by atoms with E-state index in [4.69, 9.17) is 4.74 Å². The molecule has 0 unspecified atom stereocenters. The topological polar surface area (TPSA) is 101 Å². The molecule has 1 amide bonds. The molecule has 1 aromatic carbocycles. The monoisotopic (exact) mass is 425 g/mol. The molecular weight excluding hydrogens is 398 g/mol. The molecule has 2 aliphatic rings. The molecule has 1 N–H and O–H groups in total. The zero-order valence-electron chi connectivity index (χ0n) is 17.6. The second kappa shape index (κ2) is 9.30. The molecular formula is C22H27N5O4. The number of benzene rings is 1. The smallest absolute Gasteiger partial charge is 0.269 e. The highest BCUT2D eigenvalue weighted by molar-refractivity contribution is 5.82. The molecule has 2 aliphatic heterocycles. The van der Waals surface area contributed by atoms with Crippen LogP contribution in [0.2, 0.25) is 0 Å². The number of rotatable bonds is 7. The van der Waals surface area contributed by atoms with E-state index >= 15 is 0 Å². The van der Waals surface area contributed by atoms with Crippen molar-refractivity contribution in [2.24, 2.45) is 5.92 Å². The zero-order valence-corrected chi connectivity index (χ0v) is 17.6. The molecule has 0 aliphatic carbocycles. The Labute approximate surface area is 181 Å². The summed E-state index contributed by atoms with van der Waals surface area (Å²) in [5.74, 6) is 0.575. The van der Waals surface area contributed by atoms with Crippen molar-refractivity contribution >= 4 is 23.1 Å². The minimum absolute atomic E-state index is 0.0221. The fourth-order valence-corrected chi connectivity index (χ4v) is 4.53. The van der Waals surface area contributed by atoms with Gasteiger partial charge in [0, 0.05) is 63.9 Å². The maximum Gasteiger partial charge on any atom is 0.269 e. The number of nitrogens with zero attached hydrogens (tertiary/aromatic N) is 4. The van der Waals surface area contributed by atoms with Crippen molar-refractivity contribution in [3.63, 3.8) is 0 Å². The number of non-ortho nitro benzene ring substituents is 1. The van der Waals surface area contributed by atoms with Crippen LogP contribution >= 0.6 is 0 Å². The normalized spacial score (nSPS) is 20.0. The second-order valence-corrected chi connectivity index (χ2v) is 7.91. The van der Waals surface area contributed by atoms with Gasteiger partial charge in [0.1, 0.15) is 5.82 Å². The lowest BCUT2D eigenvalue weighted by Crippen LogP contribution is -2.61. The Kier molecular flexibility index (Phi) is 6.31. The summed E-state index contributed by atoms with van der Waals surface area (Å²) in [6.45, 7) is 3.29. The van der Waals surface area contributed by atoms with Crippen LogP contribution in [0.15, 0.2) is 42.6 Å². The first-order chi connectivity index (χ1) is 15.1. The summed E-state index contributed by atoms with van der Waals surface area (Å²) in [6.07, 6.45) is 2.99. The van der Waals surface area contributed by atoms with Crippen LogP contribution in [0.4, 0.5) is 17.2 Å². The van der Waals surface area contributed by atoms with Gasteiger partial charge in [0.05, 0.1) is 16.9 Å². The number of carbonyl (C=O) groups excluding carboxylic acids is 1. The molecule has 0 radical (unpaired) electrons. The fraction of sp³-hybridized carbons (Fsp3) is 0.455. The molecule has 164 valence electrons. The molecule has 1 saturated heterocycles. The van der Waals surface area contributed by atoms with E-state index in [2.05, 4.69) is 20.1 Å². The first-order valence-electron chi connectivity index (χ1n) is 10.5. The van der Waals surface area contributed by atoms with E-state index in [1.165, 1.54) is 0 Å². The number of pyridine rings is 1. The number of fused-ring (bicyclic) bond motifs is 3. The van der Waals surface area contributed by atoms with Gasteiger partial charge in [-0.1, -0.05) is 6.07 Å². The van der Waals surface area contributed by atoms with Gasteiger partial charge >= 0.3 is 0 Å². The van der Waals surface area contributed by atoms with E-state index < -0.39 is 0 Å². The lowest BCUT2D eigenvalue weighted by Gasteiger charge is -2.49. The Balaban J connectivity index is 1.60.